The molecular formula is C21H15F4N3O4S. The summed E-state index contributed by atoms with van der Waals surface area (Å²) < 4.78 is 91.7. The minimum atomic E-state index is -4.73. The van der Waals surface area contributed by atoms with Gasteiger partial charge < -0.3 is 9.47 Å². The number of benzene rings is 2. The first-order valence-corrected chi connectivity index (χ1v) is 11.0. The van der Waals surface area contributed by atoms with Crippen molar-refractivity contribution in [1.29, 1.82) is 5.26 Å². The summed E-state index contributed by atoms with van der Waals surface area (Å²) in [5.74, 6) is -0.739. The van der Waals surface area contributed by atoms with Crippen LogP contribution in [0.4, 0.5) is 23.2 Å². The summed E-state index contributed by atoms with van der Waals surface area (Å²) in [6.45, 7) is 8.49. The van der Waals surface area contributed by atoms with E-state index in [0.717, 1.165) is 16.4 Å². The van der Waals surface area contributed by atoms with Crippen molar-refractivity contribution in [3.05, 3.63) is 64.8 Å². The Hall–Kier alpha value is -3.19. The second kappa shape index (κ2) is 7.70. The zero-order valence-electron chi connectivity index (χ0n) is 16.9. The molecule has 2 aliphatic heterocycles. The minimum absolute atomic E-state index is 0.0641. The third-order valence-corrected chi connectivity index (χ3v) is 7.59. The number of epoxide rings is 1. The number of halogens is 4. The molecule has 2 aromatic carbocycles. The molecule has 0 amide bonds. The van der Waals surface area contributed by atoms with Gasteiger partial charge in [0.25, 0.3) is 0 Å². The normalized spacial score (nSPS) is 24.9. The Morgan fingerprint density at radius 1 is 1.30 bits per heavy atom. The quantitative estimate of drug-likeness (QED) is 0.376. The maximum Gasteiger partial charge on any atom is 0.415 e. The van der Waals surface area contributed by atoms with Crippen LogP contribution in [-0.2, 0) is 20.9 Å². The number of nitriles is 1. The van der Waals surface area contributed by atoms with Crippen LogP contribution >= 0.6 is 0 Å². The standard InChI is InChI=1S/C21H15F4N3O4S/c1-12-20(32-12)11-28(10-19(20)31-15-5-3-13(9-26)16(22)8-15)33(29,30)18-6-4-14(21(23,24)25)7-17(18)27-2/h3-8,12,19H,10-11H2,1H3/t12-,19+,20+/m1/s1. The van der Waals surface area contributed by atoms with Crippen LogP contribution in [0, 0.1) is 23.7 Å². The number of sulfonamides is 1. The van der Waals surface area contributed by atoms with Crippen molar-refractivity contribution >= 4 is 15.7 Å². The molecule has 0 aliphatic carbocycles. The largest absolute Gasteiger partial charge is 0.486 e. The Labute approximate surface area is 186 Å². The van der Waals surface area contributed by atoms with E-state index < -0.39 is 49.9 Å². The minimum Gasteiger partial charge on any atom is -0.486 e. The van der Waals surface area contributed by atoms with Crippen LogP contribution in [0.3, 0.4) is 0 Å². The summed E-state index contributed by atoms with van der Waals surface area (Å²) in [6, 6.07) is 7.15. The van der Waals surface area contributed by atoms with Gasteiger partial charge in [0.15, 0.2) is 0 Å². The third-order valence-electron chi connectivity index (χ3n) is 5.73. The molecule has 7 nitrogen and oxygen atoms in total. The molecule has 2 aromatic rings. The highest BCUT2D eigenvalue weighted by Crippen LogP contribution is 2.48. The van der Waals surface area contributed by atoms with Gasteiger partial charge >= 0.3 is 6.18 Å². The van der Waals surface area contributed by atoms with E-state index in [4.69, 9.17) is 21.3 Å². The fourth-order valence-electron chi connectivity index (χ4n) is 3.86. The third kappa shape index (κ3) is 3.91. The van der Waals surface area contributed by atoms with E-state index in [0.29, 0.717) is 12.1 Å². The molecule has 172 valence electrons. The van der Waals surface area contributed by atoms with Gasteiger partial charge in [0.05, 0.1) is 29.7 Å². The fourth-order valence-corrected chi connectivity index (χ4v) is 5.45. The van der Waals surface area contributed by atoms with Gasteiger partial charge in [-0.15, -0.1) is 0 Å². The van der Waals surface area contributed by atoms with Crippen molar-refractivity contribution in [3.63, 3.8) is 0 Å². The molecule has 0 saturated carbocycles. The molecule has 0 bridgehead atoms. The molecule has 3 atom stereocenters. The van der Waals surface area contributed by atoms with Crippen LogP contribution in [0.1, 0.15) is 18.1 Å². The summed E-state index contributed by atoms with van der Waals surface area (Å²) >= 11 is 0. The molecule has 0 unspecified atom stereocenters. The van der Waals surface area contributed by atoms with E-state index in [1.54, 1.807) is 13.0 Å². The molecule has 2 heterocycles. The summed E-state index contributed by atoms with van der Waals surface area (Å²) in [4.78, 5) is 2.42. The van der Waals surface area contributed by atoms with Gasteiger partial charge in [0.1, 0.15) is 29.3 Å². The number of hydrogen-bond donors (Lipinski definition) is 0. The first-order chi connectivity index (χ1) is 15.4. The number of rotatable bonds is 4. The van der Waals surface area contributed by atoms with E-state index in [1.165, 1.54) is 12.1 Å². The van der Waals surface area contributed by atoms with E-state index in [9.17, 15) is 26.0 Å². The molecular weight excluding hydrogens is 466 g/mol. The molecule has 0 radical (unpaired) electrons. The smallest absolute Gasteiger partial charge is 0.415 e. The second-order valence-corrected chi connectivity index (χ2v) is 9.57. The van der Waals surface area contributed by atoms with E-state index >= 15 is 0 Å². The highest BCUT2D eigenvalue weighted by atomic mass is 32.2. The van der Waals surface area contributed by atoms with Crippen LogP contribution in [0.2, 0.25) is 0 Å². The van der Waals surface area contributed by atoms with Gasteiger partial charge in [0.2, 0.25) is 15.7 Å². The Balaban J connectivity index is 1.64. The maximum atomic E-state index is 13.9. The Morgan fingerprint density at radius 3 is 2.55 bits per heavy atom. The monoisotopic (exact) mass is 481 g/mol. The van der Waals surface area contributed by atoms with Crippen molar-refractivity contribution < 1.29 is 35.5 Å². The van der Waals surface area contributed by atoms with Gasteiger partial charge in [-0.2, -0.15) is 22.7 Å². The van der Waals surface area contributed by atoms with Crippen molar-refractivity contribution in [1.82, 2.24) is 4.31 Å². The topological polar surface area (TPSA) is 87.3 Å². The summed E-state index contributed by atoms with van der Waals surface area (Å²) in [6.07, 6.45) is -5.97. The summed E-state index contributed by atoms with van der Waals surface area (Å²) in [5.41, 5.74) is -2.99. The molecule has 2 aliphatic rings. The first-order valence-electron chi connectivity index (χ1n) is 9.55. The van der Waals surface area contributed by atoms with Crippen LogP contribution in [0.5, 0.6) is 5.75 Å². The Morgan fingerprint density at radius 2 is 2.00 bits per heavy atom. The lowest BCUT2D eigenvalue weighted by Crippen LogP contribution is -2.35. The molecule has 1 spiro atoms. The predicted octanol–water partition coefficient (Wildman–Crippen LogP) is 3.88. The maximum absolute atomic E-state index is 13.9. The lowest BCUT2D eigenvalue weighted by atomic mass is 10.0. The summed E-state index contributed by atoms with van der Waals surface area (Å²) in [5, 5.41) is 8.85. The van der Waals surface area contributed by atoms with Gasteiger partial charge in [-0.3, -0.25) is 0 Å². The number of hydrogen-bond acceptors (Lipinski definition) is 5. The van der Waals surface area contributed by atoms with Crippen molar-refractivity contribution in [3.8, 4) is 11.8 Å². The zero-order valence-corrected chi connectivity index (χ0v) is 17.7. The molecule has 12 heteroatoms. The molecule has 0 aromatic heterocycles. The van der Waals surface area contributed by atoms with Crippen molar-refractivity contribution in [2.75, 3.05) is 13.1 Å². The SMILES string of the molecule is [C-]#[N+]c1cc(C(F)(F)F)ccc1S(=O)(=O)N1C[C@H](Oc2ccc(C#N)c(F)c2)[C@@]2(C1)O[C@@H]2C. The van der Waals surface area contributed by atoms with Gasteiger partial charge in [-0.1, -0.05) is 12.1 Å². The second-order valence-electron chi connectivity index (χ2n) is 7.66. The van der Waals surface area contributed by atoms with Gasteiger partial charge in [-0.25, -0.2) is 17.7 Å². The summed E-state index contributed by atoms with van der Waals surface area (Å²) in [7, 11) is -4.37. The van der Waals surface area contributed by atoms with Gasteiger partial charge in [-0.05, 0) is 25.1 Å². The lowest BCUT2D eigenvalue weighted by Gasteiger charge is -2.19. The van der Waals surface area contributed by atoms with Crippen LogP contribution in [0.15, 0.2) is 41.3 Å². The van der Waals surface area contributed by atoms with E-state index in [2.05, 4.69) is 4.85 Å². The number of nitrogens with zero attached hydrogens (tertiary/aromatic N) is 3. The Kier molecular flexibility index (Phi) is 5.36. The average molecular weight is 481 g/mol. The highest BCUT2D eigenvalue weighted by Gasteiger charge is 2.66. The Bertz CT molecular complexity index is 1320. The predicted molar refractivity (Wildman–Crippen MR) is 105 cm³/mol. The highest BCUT2D eigenvalue weighted by molar-refractivity contribution is 7.89. The van der Waals surface area contributed by atoms with E-state index in [1.807, 2.05) is 0 Å². The van der Waals surface area contributed by atoms with Crippen LogP contribution in [-0.4, -0.2) is 43.6 Å². The van der Waals surface area contributed by atoms with Gasteiger partial charge in [0, 0.05) is 18.2 Å². The zero-order chi connectivity index (χ0) is 24.2. The lowest BCUT2D eigenvalue weighted by molar-refractivity contribution is -0.137. The molecule has 33 heavy (non-hydrogen) atoms. The van der Waals surface area contributed by atoms with Crippen molar-refractivity contribution in [2.24, 2.45) is 0 Å². The molecule has 2 fully saturated rings. The fraction of sp³-hybridized carbons (Fsp3) is 0.333. The molecule has 0 N–H and O–H groups in total. The molecule has 2 saturated heterocycles. The average Bonchev–Trinajstić information content (AvgIpc) is 3.25. The molecule has 4 rings (SSSR count). The number of alkyl halides is 3. The van der Waals surface area contributed by atoms with Crippen LogP contribution < -0.4 is 4.74 Å². The van der Waals surface area contributed by atoms with E-state index in [-0.39, 0.29) is 30.5 Å². The number of ether oxygens (including phenoxy) is 2. The first kappa shape index (κ1) is 23.0. The van der Waals surface area contributed by atoms with Crippen molar-refractivity contribution in [2.45, 2.75) is 35.8 Å². The van der Waals surface area contributed by atoms with Crippen LogP contribution in [0.25, 0.3) is 4.85 Å².